The topological polar surface area (TPSA) is 46.5 Å². The average Bonchev–Trinajstić information content (AvgIpc) is 1.85. The Kier molecular flexibility index (Phi) is 4.37. The van der Waals surface area contributed by atoms with E-state index in [4.69, 9.17) is 0 Å². The van der Waals surface area contributed by atoms with E-state index in [1.807, 2.05) is 0 Å². The zero-order valence-electron chi connectivity index (χ0n) is 6.26. The fraction of sp³-hybridized carbons (Fsp3) is 0.571. The van der Waals surface area contributed by atoms with Crippen molar-refractivity contribution in [3.8, 4) is 0 Å². The minimum atomic E-state index is 0.125. The number of hydrogen-bond donors (Lipinski definition) is 0. The average molecular weight is 141 g/mol. The van der Waals surface area contributed by atoms with Gasteiger partial charge in [-0.1, -0.05) is 0 Å². The highest BCUT2D eigenvalue weighted by atomic mass is 16.1. The van der Waals surface area contributed by atoms with Gasteiger partial charge in [-0.25, -0.2) is 4.99 Å². The van der Waals surface area contributed by atoms with Crippen LogP contribution in [0.4, 0.5) is 0 Å². The van der Waals surface area contributed by atoms with Crippen molar-refractivity contribution in [2.75, 3.05) is 0 Å². The zero-order valence-corrected chi connectivity index (χ0v) is 6.26. The molecule has 56 valence electrons. The molecule has 3 nitrogen and oxygen atoms in total. The third-order valence-corrected chi connectivity index (χ3v) is 1.11. The lowest BCUT2D eigenvalue weighted by Crippen LogP contribution is -1.97. The maximum absolute atomic E-state index is 10.4. The Morgan fingerprint density at radius 1 is 1.40 bits per heavy atom. The van der Waals surface area contributed by atoms with Crippen LogP contribution in [0.3, 0.4) is 0 Å². The second kappa shape index (κ2) is 4.85. The molecule has 0 N–H and O–H groups in total. The molecule has 0 atom stereocenters. The van der Waals surface area contributed by atoms with Crippen LogP contribution in [0.2, 0.25) is 0 Å². The van der Waals surface area contributed by atoms with Crippen LogP contribution in [0.5, 0.6) is 0 Å². The smallest absolute Gasteiger partial charge is 0.232 e. The zero-order chi connectivity index (χ0) is 7.98. The third kappa shape index (κ3) is 5.15. The summed E-state index contributed by atoms with van der Waals surface area (Å²) in [5.74, 6) is 0.125. The van der Waals surface area contributed by atoms with Gasteiger partial charge in [-0.15, -0.1) is 0 Å². The lowest BCUT2D eigenvalue weighted by molar-refractivity contribution is -0.117. The Labute approximate surface area is 60.1 Å². The number of carbonyl (C=O) groups excluding carboxylic acids is 2. The number of hydrogen-bond acceptors (Lipinski definition) is 2. The van der Waals surface area contributed by atoms with E-state index in [9.17, 15) is 9.59 Å². The molecule has 0 radical (unpaired) electrons. The molecule has 0 saturated heterocycles. The van der Waals surface area contributed by atoms with Gasteiger partial charge < -0.3 is 4.79 Å². The Balaban J connectivity index is 3.58. The summed E-state index contributed by atoms with van der Waals surface area (Å²) in [4.78, 5) is 23.7. The van der Waals surface area contributed by atoms with Crippen LogP contribution in [0.1, 0.15) is 26.7 Å². The van der Waals surface area contributed by atoms with Gasteiger partial charge in [0.05, 0.1) is 0 Å². The Morgan fingerprint density at radius 3 is 2.40 bits per heavy atom. The molecule has 0 heterocycles. The van der Waals surface area contributed by atoms with Crippen LogP contribution in [-0.4, -0.2) is 17.9 Å². The minimum Gasteiger partial charge on any atom is -0.300 e. The van der Waals surface area contributed by atoms with Crippen LogP contribution in [0.25, 0.3) is 0 Å². The van der Waals surface area contributed by atoms with E-state index in [1.54, 1.807) is 6.92 Å². The monoisotopic (exact) mass is 141 g/mol. The summed E-state index contributed by atoms with van der Waals surface area (Å²) in [6, 6.07) is 0. The summed E-state index contributed by atoms with van der Waals surface area (Å²) in [5.41, 5.74) is 0.713. The molecule has 3 heteroatoms. The van der Waals surface area contributed by atoms with Crippen molar-refractivity contribution in [1.82, 2.24) is 0 Å². The molecule has 0 rings (SSSR count). The van der Waals surface area contributed by atoms with E-state index in [2.05, 4.69) is 4.99 Å². The first-order chi connectivity index (χ1) is 4.66. The number of Topliss-reactive ketones (excluding diaryl/α,β-unsaturated/α-hetero) is 1. The maximum atomic E-state index is 10.4. The Morgan fingerprint density at radius 2 is 2.00 bits per heavy atom. The van der Waals surface area contributed by atoms with Crippen molar-refractivity contribution >= 4 is 17.9 Å². The highest BCUT2D eigenvalue weighted by molar-refractivity contribution is 5.90. The molecule has 0 aromatic rings. The largest absolute Gasteiger partial charge is 0.300 e. The van der Waals surface area contributed by atoms with E-state index in [1.165, 1.54) is 6.92 Å². The second-order valence-electron chi connectivity index (χ2n) is 2.17. The van der Waals surface area contributed by atoms with E-state index >= 15 is 0 Å². The van der Waals surface area contributed by atoms with Crippen LogP contribution in [0.15, 0.2) is 4.99 Å². The highest BCUT2D eigenvalue weighted by Gasteiger charge is 1.94. The molecule has 0 aliphatic heterocycles. The molecule has 0 spiro atoms. The molecule has 0 fully saturated rings. The summed E-state index contributed by atoms with van der Waals surface area (Å²) in [6.45, 7) is 3.26. The lowest BCUT2D eigenvalue weighted by atomic mass is 10.2. The molecule has 0 aliphatic rings. The van der Waals surface area contributed by atoms with Crippen LogP contribution in [0, 0.1) is 0 Å². The number of ketones is 1. The van der Waals surface area contributed by atoms with Gasteiger partial charge in [0.2, 0.25) is 6.41 Å². The molecule has 0 bridgehead atoms. The predicted octanol–water partition coefficient (Wildman–Crippen LogP) is 0.973. The van der Waals surface area contributed by atoms with Gasteiger partial charge in [0.1, 0.15) is 5.78 Å². The molecule has 0 aromatic carbocycles. The fourth-order valence-electron chi connectivity index (χ4n) is 0.511. The normalized spacial score (nSPS) is 11.2. The highest BCUT2D eigenvalue weighted by Crippen LogP contribution is 1.92. The summed E-state index contributed by atoms with van der Waals surface area (Å²) in [7, 11) is 0. The molecule has 0 aromatic heterocycles. The van der Waals surface area contributed by atoms with Crippen molar-refractivity contribution in [2.45, 2.75) is 26.7 Å². The molecule has 0 unspecified atom stereocenters. The number of rotatable bonds is 4. The first kappa shape index (κ1) is 9.01. The minimum absolute atomic E-state index is 0.125. The molecular weight excluding hydrogens is 130 g/mol. The summed E-state index contributed by atoms with van der Waals surface area (Å²) in [5, 5.41) is 0. The molecular formula is C7H11NO2. The molecule has 10 heavy (non-hydrogen) atoms. The third-order valence-electron chi connectivity index (χ3n) is 1.11. The molecule has 0 aliphatic carbocycles. The van der Waals surface area contributed by atoms with Crippen molar-refractivity contribution < 1.29 is 9.59 Å². The summed E-state index contributed by atoms with van der Waals surface area (Å²) in [6.07, 6.45) is 1.56. The van der Waals surface area contributed by atoms with Crippen molar-refractivity contribution in [3.63, 3.8) is 0 Å². The predicted molar refractivity (Wildman–Crippen MR) is 39.1 cm³/mol. The summed E-state index contributed by atoms with van der Waals surface area (Å²) < 4.78 is 0. The van der Waals surface area contributed by atoms with Gasteiger partial charge in [0.25, 0.3) is 0 Å². The molecule has 1 amide bonds. The van der Waals surface area contributed by atoms with Gasteiger partial charge in [0, 0.05) is 12.1 Å². The fourth-order valence-corrected chi connectivity index (χ4v) is 0.511. The van der Waals surface area contributed by atoms with E-state index in [0.29, 0.717) is 25.0 Å². The van der Waals surface area contributed by atoms with Crippen molar-refractivity contribution in [3.05, 3.63) is 0 Å². The van der Waals surface area contributed by atoms with Crippen molar-refractivity contribution in [1.29, 1.82) is 0 Å². The first-order valence-corrected chi connectivity index (χ1v) is 3.13. The molecule has 0 saturated carbocycles. The maximum Gasteiger partial charge on any atom is 0.232 e. The van der Waals surface area contributed by atoms with Crippen LogP contribution in [-0.2, 0) is 9.59 Å². The number of carbonyl (C=O) groups is 2. The number of amides is 1. The Hall–Kier alpha value is -0.990. The SMILES string of the molecule is CC(=O)CC/C(C)=N/C=O. The van der Waals surface area contributed by atoms with E-state index < -0.39 is 0 Å². The van der Waals surface area contributed by atoms with Gasteiger partial charge in [-0.3, -0.25) is 4.79 Å². The van der Waals surface area contributed by atoms with Gasteiger partial charge in [-0.2, -0.15) is 0 Å². The van der Waals surface area contributed by atoms with E-state index in [0.717, 1.165) is 0 Å². The van der Waals surface area contributed by atoms with Crippen LogP contribution >= 0.6 is 0 Å². The van der Waals surface area contributed by atoms with Gasteiger partial charge >= 0.3 is 0 Å². The second-order valence-corrected chi connectivity index (χ2v) is 2.17. The summed E-state index contributed by atoms with van der Waals surface area (Å²) >= 11 is 0. The van der Waals surface area contributed by atoms with Crippen LogP contribution < -0.4 is 0 Å². The first-order valence-electron chi connectivity index (χ1n) is 3.13. The number of nitrogens with zero attached hydrogens (tertiary/aromatic N) is 1. The van der Waals surface area contributed by atoms with Gasteiger partial charge in [-0.05, 0) is 20.3 Å². The number of aliphatic imine (C=N–C) groups is 1. The Bertz CT molecular complexity index is 161. The van der Waals surface area contributed by atoms with Gasteiger partial charge in [0.15, 0.2) is 0 Å². The van der Waals surface area contributed by atoms with E-state index in [-0.39, 0.29) is 5.78 Å². The quantitative estimate of drug-likeness (QED) is 0.432. The van der Waals surface area contributed by atoms with Crippen molar-refractivity contribution in [2.24, 2.45) is 4.99 Å². The standard InChI is InChI=1S/C7H11NO2/c1-6(8-5-9)3-4-7(2)10/h5H,3-4H2,1-2H3/b8-6+. The lowest BCUT2D eigenvalue weighted by Gasteiger charge is -1.92.